The van der Waals surface area contributed by atoms with Crippen LogP contribution in [0.4, 0.5) is 13.2 Å². The Hall–Kier alpha value is -4.10. The van der Waals surface area contributed by atoms with E-state index >= 15 is 0 Å². The van der Waals surface area contributed by atoms with Gasteiger partial charge in [-0.2, -0.15) is 0 Å². The van der Waals surface area contributed by atoms with E-state index in [0.29, 0.717) is 19.2 Å². The zero-order chi connectivity index (χ0) is 32.1. The number of halogens is 4. The molecule has 0 bridgehead atoms. The van der Waals surface area contributed by atoms with Crippen molar-refractivity contribution in [3.8, 4) is 0 Å². The molecule has 1 aromatic heterocycles. The third-order valence-corrected chi connectivity index (χ3v) is 8.37. The lowest BCUT2D eigenvalue weighted by molar-refractivity contribution is -0.147. The molecule has 234 valence electrons. The van der Waals surface area contributed by atoms with Crippen LogP contribution in [0.1, 0.15) is 38.1 Å². The largest absolute Gasteiger partial charge is 0.480 e. The summed E-state index contributed by atoms with van der Waals surface area (Å²) in [7, 11) is 1.17. The van der Waals surface area contributed by atoms with Gasteiger partial charge in [0.25, 0.3) is 0 Å². The number of piperazine rings is 1. The number of methoxy groups -OCH3 is 1. The highest BCUT2D eigenvalue weighted by molar-refractivity contribution is 6.31. The Kier molecular flexibility index (Phi) is 8.38. The smallest absolute Gasteiger partial charge is 0.338 e. The molecule has 4 heterocycles. The van der Waals surface area contributed by atoms with Crippen molar-refractivity contribution in [2.75, 3.05) is 33.3 Å². The van der Waals surface area contributed by atoms with Gasteiger partial charge in [0.1, 0.15) is 29.4 Å². The maximum Gasteiger partial charge on any atom is 0.338 e. The molecule has 0 amide bonds. The molecular weight excluding hydrogens is 601 g/mol. The molecule has 2 fully saturated rings. The number of aromatic nitrogens is 1. The van der Waals surface area contributed by atoms with Crippen molar-refractivity contribution >= 4 is 29.4 Å². The highest BCUT2D eigenvalue weighted by atomic mass is 35.5. The average Bonchev–Trinajstić information content (AvgIpc) is 3.28. The van der Waals surface area contributed by atoms with Gasteiger partial charge in [-0.05, 0) is 32.9 Å². The minimum Gasteiger partial charge on any atom is -0.480 e. The van der Waals surface area contributed by atoms with Crippen LogP contribution in [0.15, 0.2) is 59.1 Å². The van der Waals surface area contributed by atoms with Crippen molar-refractivity contribution in [3.63, 3.8) is 0 Å². The molecule has 0 unspecified atom stereocenters. The quantitative estimate of drug-likeness (QED) is 0.461. The van der Waals surface area contributed by atoms with Gasteiger partial charge >= 0.3 is 11.9 Å². The van der Waals surface area contributed by atoms with Gasteiger partial charge < -0.3 is 25.0 Å². The number of carbonyl (C=O) groups is 2. The molecule has 0 aliphatic carbocycles. The van der Waals surface area contributed by atoms with Gasteiger partial charge in [0.15, 0.2) is 11.7 Å². The van der Waals surface area contributed by atoms with Gasteiger partial charge in [-0.3, -0.25) is 14.7 Å². The van der Waals surface area contributed by atoms with E-state index in [0.717, 1.165) is 24.2 Å². The van der Waals surface area contributed by atoms with Crippen molar-refractivity contribution in [3.05, 3.63) is 87.9 Å². The standard InChI is InChI=1S/C30H32ClF3N6O4/c1-15-39-9-8-38(26(28(41)42)22(39)14-40(15)30(2,3)4)13-21-23(29(43)44-5)24(18-7-6-16(32)10-19(18)31)37-27(36-21)25-20(34)11-17(33)12-35-25/h6-7,10-12,22,24,26H,1,8-9,13-14H2,2-5H3,(H,36,37)(H,41,42)/t22-,24-,26+/m0/s1. The van der Waals surface area contributed by atoms with E-state index < -0.39 is 47.5 Å². The number of fused-ring (bicyclic) bond motifs is 1. The molecule has 3 aliphatic rings. The summed E-state index contributed by atoms with van der Waals surface area (Å²) >= 11 is 6.40. The number of carbonyl (C=O) groups excluding carboxylic acids is 1. The van der Waals surface area contributed by atoms with Gasteiger partial charge in [0.05, 0.1) is 30.7 Å². The molecule has 0 radical (unpaired) electrons. The van der Waals surface area contributed by atoms with Crippen LogP contribution in [-0.4, -0.2) is 93.5 Å². The van der Waals surface area contributed by atoms with Crippen LogP contribution in [0.25, 0.3) is 0 Å². The minimum atomic E-state index is -1.22. The van der Waals surface area contributed by atoms with E-state index in [1.54, 1.807) is 4.90 Å². The molecule has 0 saturated carbocycles. The van der Waals surface area contributed by atoms with E-state index in [9.17, 15) is 27.9 Å². The van der Waals surface area contributed by atoms with Crippen molar-refractivity contribution in [1.29, 1.82) is 0 Å². The Morgan fingerprint density at radius 2 is 1.91 bits per heavy atom. The maximum absolute atomic E-state index is 15.0. The number of ether oxygens (including phenoxy) is 1. The molecule has 44 heavy (non-hydrogen) atoms. The summed E-state index contributed by atoms with van der Waals surface area (Å²) in [6.07, 6.45) is 0.815. The number of aliphatic carboxylic acids is 1. The van der Waals surface area contributed by atoms with Crippen LogP contribution in [0.5, 0.6) is 0 Å². The van der Waals surface area contributed by atoms with Gasteiger partial charge in [-0.1, -0.05) is 24.2 Å². The van der Waals surface area contributed by atoms with Gasteiger partial charge in [-0.15, -0.1) is 0 Å². The summed E-state index contributed by atoms with van der Waals surface area (Å²) in [5.74, 6) is -3.87. The van der Waals surface area contributed by atoms with Crippen molar-refractivity contribution in [2.45, 2.75) is 44.4 Å². The lowest BCUT2D eigenvalue weighted by atomic mass is 9.94. The number of esters is 1. The normalized spacial score (nSPS) is 22.5. The summed E-state index contributed by atoms with van der Waals surface area (Å²) < 4.78 is 47.8. The Bertz CT molecular complexity index is 1590. The molecule has 1 aromatic carbocycles. The lowest BCUT2D eigenvalue weighted by Crippen LogP contribution is -2.61. The zero-order valence-corrected chi connectivity index (χ0v) is 25.3. The molecule has 0 spiro atoms. The number of rotatable bonds is 6. The third kappa shape index (κ3) is 5.73. The second-order valence-electron chi connectivity index (χ2n) is 11.8. The summed E-state index contributed by atoms with van der Waals surface area (Å²) in [4.78, 5) is 40.2. The van der Waals surface area contributed by atoms with Crippen LogP contribution in [-0.2, 0) is 14.3 Å². The highest BCUT2D eigenvalue weighted by Crippen LogP contribution is 2.39. The first-order valence-electron chi connectivity index (χ1n) is 13.8. The predicted octanol–water partition coefficient (Wildman–Crippen LogP) is 3.70. The molecular formula is C30H32ClF3N6O4. The number of carboxylic acid groups (broad SMARTS) is 1. The number of benzene rings is 1. The van der Waals surface area contributed by atoms with E-state index in [2.05, 4.69) is 26.8 Å². The molecule has 14 heteroatoms. The van der Waals surface area contributed by atoms with Crippen LogP contribution >= 0.6 is 11.6 Å². The summed E-state index contributed by atoms with van der Waals surface area (Å²) in [5.41, 5.74) is -0.316. The Balaban J connectivity index is 1.61. The van der Waals surface area contributed by atoms with E-state index in [-0.39, 0.29) is 52.0 Å². The highest BCUT2D eigenvalue weighted by Gasteiger charge is 2.49. The number of nitrogens with one attached hydrogen (secondary N) is 1. The van der Waals surface area contributed by atoms with Crippen molar-refractivity contribution in [2.24, 2.45) is 4.99 Å². The number of aliphatic imine (C=N–C) groups is 1. The SMILES string of the molecule is C=C1N2CCN(CC3=C(C(=O)OC)[C@H](c4ccc(F)cc4Cl)N=C(c4ncc(F)cc4F)N3)[C@@H](C(=O)O)[C@@H]2CN1C(C)(C)C. The fourth-order valence-corrected chi connectivity index (χ4v) is 6.28. The summed E-state index contributed by atoms with van der Waals surface area (Å²) in [6, 6.07) is 1.47. The van der Waals surface area contributed by atoms with Gasteiger partial charge in [-0.25, -0.2) is 22.9 Å². The van der Waals surface area contributed by atoms with E-state index in [1.807, 2.05) is 25.7 Å². The molecule has 5 rings (SSSR count). The number of carboxylic acids is 1. The lowest BCUT2D eigenvalue weighted by Gasteiger charge is -2.43. The molecule has 3 aliphatic heterocycles. The first-order valence-corrected chi connectivity index (χ1v) is 14.2. The topological polar surface area (TPSA) is 111 Å². The third-order valence-electron chi connectivity index (χ3n) is 8.04. The molecule has 2 saturated heterocycles. The number of hydrogen-bond acceptors (Lipinski definition) is 9. The van der Waals surface area contributed by atoms with Crippen LogP contribution in [0.2, 0.25) is 5.02 Å². The Labute approximate surface area is 257 Å². The summed E-state index contributed by atoms with van der Waals surface area (Å²) in [5, 5.41) is 13.3. The minimum absolute atomic E-state index is 0.0361. The first-order chi connectivity index (χ1) is 20.7. The van der Waals surface area contributed by atoms with Gasteiger partial charge in [0, 0.05) is 54.1 Å². The van der Waals surface area contributed by atoms with Crippen LogP contribution in [0, 0.1) is 17.5 Å². The summed E-state index contributed by atoms with van der Waals surface area (Å²) in [6.45, 7) is 11.3. The number of nitrogens with zero attached hydrogens (tertiary/aromatic N) is 5. The second-order valence-corrected chi connectivity index (χ2v) is 12.2. The van der Waals surface area contributed by atoms with Gasteiger partial charge in [0.2, 0.25) is 0 Å². The Morgan fingerprint density at radius 1 is 1.18 bits per heavy atom. The van der Waals surface area contributed by atoms with Crippen molar-refractivity contribution in [1.82, 2.24) is 25.0 Å². The number of hydrogen-bond donors (Lipinski definition) is 2. The predicted molar refractivity (Wildman–Crippen MR) is 156 cm³/mol. The van der Waals surface area contributed by atoms with Crippen molar-refractivity contribution < 1.29 is 32.6 Å². The van der Waals surface area contributed by atoms with Crippen LogP contribution in [0.3, 0.4) is 0 Å². The maximum atomic E-state index is 15.0. The number of amidine groups is 1. The second kappa shape index (κ2) is 11.8. The fourth-order valence-electron chi connectivity index (χ4n) is 6.01. The molecule has 2 aromatic rings. The molecule has 10 nitrogen and oxygen atoms in total. The first kappa shape index (κ1) is 31.3. The average molecular weight is 633 g/mol. The zero-order valence-electron chi connectivity index (χ0n) is 24.6. The fraction of sp³-hybridized carbons (Fsp3) is 0.400. The van der Waals surface area contributed by atoms with E-state index in [1.165, 1.54) is 13.2 Å². The Morgan fingerprint density at radius 3 is 2.52 bits per heavy atom. The van der Waals surface area contributed by atoms with E-state index in [4.69, 9.17) is 16.3 Å². The molecule has 2 N–H and O–H groups in total. The molecule has 3 atom stereocenters. The van der Waals surface area contributed by atoms with Crippen LogP contribution < -0.4 is 5.32 Å². The monoisotopic (exact) mass is 632 g/mol. The number of pyridine rings is 1.